The molecule has 7 heteroatoms. The van der Waals surface area contributed by atoms with Crippen LogP contribution in [0.2, 0.25) is 0 Å². The Labute approximate surface area is 155 Å². The van der Waals surface area contributed by atoms with E-state index in [4.69, 9.17) is 0 Å². The molecule has 7 nitrogen and oxygen atoms in total. The first-order valence-corrected chi connectivity index (χ1v) is 9.28. The smallest absolute Gasteiger partial charge is 0.272 e. The first-order chi connectivity index (χ1) is 12.5. The molecule has 2 rings (SSSR count). The van der Waals surface area contributed by atoms with E-state index in [0.29, 0.717) is 44.8 Å². The number of hydrogen-bond donors (Lipinski definition) is 0. The van der Waals surface area contributed by atoms with Gasteiger partial charge in [0.25, 0.3) is 11.8 Å². The van der Waals surface area contributed by atoms with Gasteiger partial charge in [0.2, 0.25) is 5.91 Å². The van der Waals surface area contributed by atoms with Gasteiger partial charge in [-0.05, 0) is 25.0 Å². The van der Waals surface area contributed by atoms with Gasteiger partial charge in [0.1, 0.15) is 5.69 Å². The number of pyridine rings is 1. The lowest BCUT2D eigenvalue weighted by molar-refractivity contribution is -0.130. The maximum Gasteiger partial charge on any atom is 0.272 e. The Hall–Kier alpha value is -2.44. The molecule has 0 N–H and O–H groups in total. The van der Waals surface area contributed by atoms with Crippen LogP contribution in [0.4, 0.5) is 0 Å². The molecule has 26 heavy (non-hydrogen) atoms. The molecule has 0 bridgehead atoms. The molecule has 3 amide bonds. The number of piperazine rings is 1. The van der Waals surface area contributed by atoms with Crippen LogP contribution in [0.1, 0.15) is 54.5 Å². The molecule has 2 heterocycles. The lowest BCUT2D eigenvalue weighted by Crippen LogP contribution is -2.50. The number of hydrogen-bond acceptors (Lipinski definition) is 4. The molecule has 0 aromatic carbocycles. The second kappa shape index (κ2) is 9.31. The number of amides is 3. The zero-order valence-corrected chi connectivity index (χ0v) is 15.9. The summed E-state index contributed by atoms with van der Waals surface area (Å²) >= 11 is 0. The SMILES string of the molecule is CCCN(CCC)C(=O)c1ccnc(C(=O)N2CCN(C(C)=O)CC2)c1. The minimum atomic E-state index is -0.194. The van der Waals surface area contributed by atoms with Crippen molar-refractivity contribution in [1.29, 1.82) is 0 Å². The maximum absolute atomic E-state index is 12.7. The quantitative estimate of drug-likeness (QED) is 0.773. The summed E-state index contributed by atoms with van der Waals surface area (Å²) in [4.78, 5) is 46.2. The third-order valence-corrected chi connectivity index (χ3v) is 4.51. The highest BCUT2D eigenvalue weighted by atomic mass is 16.2. The first-order valence-electron chi connectivity index (χ1n) is 9.28. The Bertz CT molecular complexity index is 648. The molecule has 0 atom stereocenters. The van der Waals surface area contributed by atoms with Crippen molar-refractivity contribution in [3.8, 4) is 0 Å². The molecule has 1 aromatic rings. The number of carbonyl (C=O) groups excluding carboxylic acids is 3. The highest BCUT2D eigenvalue weighted by molar-refractivity contribution is 5.98. The molecular weight excluding hydrogens is 332 g/mol. The van der Waals surface area contributed by atoms with Crippen molar-refractivity contribution in [3.05, 3.63) is 29.6 Å². The number of aromatic nitrogens is 1. The Morgan fingerprint density at radius 1 is 1.04 bits per heavy atom. The number of carbonyl (C=O) groups is 3. The van der Waals surface area contributed by atoms with Crippen molar-refractivity contribution in [2.45, 2.75) is 33.6 Å². The Balaban J connectivity index is 2.09. The van der Waals surface area contributed by atoms with E-state index in [1.54, 1.807) is 21.9 Å². The van der Waals surface area contributed by atoms with Crippen LogP contribution in [0.3, 0.4) is 0 Å². The monoisotopic (exact) mass is 360 g/mol. The summed E-state index contributed by atoms with van der Waals surface area (Å²) < 4.78 is 0. The van der Waals surface area contributed by atoms with Gasteiger partial charge >= 0.3 is 0 Å². The maximum atomic E-state index is 12.7. The topological polar surface area (TPSA) is 73.8 Å². The molecule has 0 saturated carbocycles. The lowest BCUT2D eigenvalue weighted by atomic mass is 10.1. The molecule has 0 spiro atoms. The Morgan fingerprint density at radius 2 is 1.62 bits per heavy atom. The Morgan fingerprint density at radius 3 is 2.15 bits per heavy atom. The van der Waals surface area contributed by atoms with Crippen LogP contribution >= 0.6 is 0 Å². The van der Waals surface area contributed by atoms with Gasteiger partial charge in [0.15, 0.2) is 0 Å². The van der Waals surface area contributed by atoms with Crippen LogP contribution in [0, 0.1) is 0 Å². The van der Waals surface area contributed by atoms with Crippen molar-refractivity contribution in [2.75, 3.05) is 39.3 Å². The molecule has 1 fully saturated rings. The summed E-state index contributed by atoms with van der Waals surface area (Å²) in [6.45, 7) is 9.03. The van der Waals surface area contributed by atoms with E-state index >= 15 is 0 Å². The van der Waals surface area contributed by atoms with Crippen molar-refractivity contribution < 1.29 is 14.4 Å². The summed E-state index contributed by atoms with van der Waals surface area (Å²) in [5, 5.41) is 0. The van der Waals surface area contributed by atoms with E-state index in [9.17, 15) is 14.4 Å². The highest BCUT2D eigenvalue weighted by Crippen LogP contribution is 2.12. The molecular formula is C19H28N4O3. The lowest BCUT2D eigenvalue weighted by Gasteiger charge is -2.34. The average molecular weight is 360 g/mol. The Kier molecular flexibility index (Phi) is 7.12. The van der Waals surface area contributed by atoms with E-state index in [1.165, 1.54) is 13.1 Å². The molecule has 142 valence electrons. The number of nitrogens with zero attached hydrogens (tertiary/aromatic N) is 4. The van der Waals surface area contributed by atoms with E-state index in [1.807, 2.05) is 18.7 Å². The zero-order valence-electron chi connectivity index (χ0n) is 15.9. The van der Waals surface area contributed by atoms with Crippen molar-refractivity contribution in [2.24, 2.45) is 0 Å². The van der Waals surface area contributed by atoms with Gasteiger partial charge in [-0.1, -0.05) is 13.8 Å². The average Bonchev–Trinajstić information content (AvgIpc) is 2.67. The molecule has 1 aromatic heterocycles. The minimum absolute atomic E-state index is 0.0229. The van der Waals surface area contributed by atoms with E-state index in [0.717, 1.165) is 12.8 Å². The van der Waals surface area contributed by atoms with Gasteiger partial charge in [-0.15, -0.1) is 0 Å². The summed E-state index contributed by atoms with van der Waals surface area (Å²) in [5.41, 5.74) is 0.771. The van der Waals surface area contributed by atoms with Crippen LogP contribution in [0.15, 0.2) is 18.3 Å². The van der Waals surface area contributed by atoms with Crippen LogP contribution in [-0.2, 0) is 4.79 Å². The normalized spacial score (nSPS) is 14.3. The molecule has 1 aliphatic rings. The number of rotatable bonds is 6. The summed E-state index contributed by atoms with van der Waals surface area (Å²) in [6.07, 6.45) is 3.30. The molecule has 0 aliphatic carbocycles. The first kappa shape index (κ1) is 19.9. The fraction of sp³-hybridized carbons (Fsp3) is 0.579. The second-order valence-electron chi connectivity index (χ2n) is 6.52. The predicted octanol–water partition coefficient (Wildman–Crippen LogP) is 1.65. The van der Waals surface area contributed by atoms with Gasteiger partial charge in [0, 0.05) is 58.0 Å². The van der Waals surface area contributed by atoms with Gasteiger partial charge in [-0.2, -0.15) is 0 Å². The largest absolute Gasteiger partial charge is 0.339 e. The van der Waals surface area contributed by atoms with Crippen molar-refractivity contribution in [1.82, 2.24) is 19.7 Å². The zero-order chi connectivity index (χ0) is 19.1. The second-order valence-corrected chi connectivity index (χ2v) is 6.52. The van der Waals surface area contributed by atoms with E-state index in [-0.39, 0.29) is 23.4 Å². The fourth-order valence-corrected chi connectivity index (χ4v) is 3.10. The molecule has 0 radical (unpaired) electrons. The van der Waals surface area contributed by atoms with Crippen LogP contribution < -0.4 is 0 Å². The molecule has 1 saturated heterocycles. The van der Waals surface area contributed by atoms with Crippen LogP contribution in [-0.4, -0.2) is 76.7 Å². The molecule has 1 aliphatic heterocycles. The standard InChI is InChI=1S/C19H28N4O3/c1-4-8-22(9-5-2)18(25)16-6-7-20-17(14-16)19(26)23-12-10-21(11-13-23)15(3)24/h6-7,14H,4-5,8-13H2,1-3H3. The van der Waals surface area contributed by atoms with Crippen LogP contribution in [0.5, 0.6) is 0 Å². The third kappa shape index (κ3) is 4.80. The van der Waals surface area contributed by atoms with Crippen LogP contribution in [0.25, 0.3) is 0 Å². The van der Waals surface area contributed by atoms with Crippen molar-refractivity contribution >= 4 is 17.7 Å². The van der Waals surface area contributed by atoms with Gasteiger partial charge < -0.3 is 14.7 Å². The highest BCUT2D eigenvalue weighted by Gasteiger charge is 2.25. The van der Waals surface area contributed by atoms with E-state index < -0.39 is 0 Å². The van der Waals surface area contributed by atoms with E-state index in [2.05, 4.69) is 4.98 Å². The summed E-state index contributed by atoms with van der Waals surface area (Å²) in [5.74, 6) is -0.235. The summed E-state index contributed by atoms with van der Waals surface area (Å²) in [6, 6.07) is 3.24. The molecule has 0 unspecified atom stereocenters. The van der Waals surface area contributed by atoms with Gasteiger partial charge in [-0.3, -0.25) is 19.4 Å². The predicted molar refractivity (Wildman–Crippen MR) is 98.9 cm³/mol. The summed E-state index contributed by atoms with van der Waals surface area (Å²) in [7, 11) is 0. The fourth-order valence-electron chi connectivity index (χ4n) is 3.10. The minimum Gasteiger partial charge on any atom is -0.339 e. The third-order valence-electron chi connectivity index (χ3n) is 4.51. The van der Waals surface area contributed by atoms with Crippen molar-refractivity contribution in [3.63, 3.8) is 0 Å². The van der Waals surface area contributed by atoms with Gasteiger partial charge in [0.05, 0.1) is 0 Å². The van der Waals surface area contributed by atoms with Gasteiger partial charge in [-0.25, -0.2) is 0 Å².